The molecule has 0 bridgehead atoms. The molecule has 0 atom stereocenters. The number of allylic oxidation sites excluding steroid dienone is 1. The fourth-order valence-corrected chi connectivity index (χ4v) is 2.32. The lowest BCUT2D eigenvalue weighted by Crippen LogP contribution is -2.24. The van der Waals surface area contributed by atoms with E-state index in [4.69, 9.17) is 4.74 Å². The summed E-state index contributed by atoms with van der Waals surface area (Å²) in [4.78, 5) is 11.7. The van der Waals surface area contributed by atoms with Gasteiger partial charge < -0.3 is 4.74 Å². The van der Waals surface area contributed by atoms with Crippen LogP contribution in [-0.4, -0.2) is 12.6 Å². The van der Waals surface area contributed by atoms with Crippen LogP contribution in [0.3, 0.4) is 0 Å². The van der Waals surface area contributed by atoms with Gasteiger partial charge in [-0.1, -0.05) is 13.3 Å². The van der Waals surface area contributed by atoms with Crippen LogP contribution in [0.1, 0.15) is 51.9 Å². The van der Waals surface area contributed by atoms with Crippen molar-refractivity contribution in [2.45, 2.75) is 51.9 Å². The van der Waals surface area contributed by atoms with Gasteiger partial charge in [0.25, 0.3) is 6.08 Å². The standard InChI is InChI=1S/C14H22F2O2/c1-2-3-10-18-14(17)12-7-4-11(5-8-12)6-9-13(15)16/h9,11-12H,2-8,10H2,1H3/t11-,12-. The van der Waals surface area contributed by atoms with Crippen molar-refractivity contribution >= 4 is 5.97 Å². The molecule has 0 aromatic rings. The van der Waals surface area contributed by atoms with Crippen LogP contribution in [0.2, 0.25) is 0 Å². The maximum Gasteiger partial charge on any atom is 0.308 e. The van der Waals surface area contributed by atoms with Gasteiger partial charge in [-0.15, -0.1) is 0 Å². The molecule has 0 amide bonds. The van der Waals surface area contributed by atoms with Gasteiger partial charge >= 0.3 is 5.97 Å². The van der Waals surface area contributed by atoms with E-state index < -0.39 is 6.08 Å². The Hall–Kier alpha value is -0.930. The van der Waals surface area contributed by atoms with Crippen LogP contribution in [0, 0.1) is 11.8 Å². The summed E-state index contributed by atoms with van der Waals surface area (Å²) in [6, 6.07) is 0. The molecule has 0 spiro atoms. The summed E-state index contributed by atoms with van der Waals surface area (Å²) in [6.07, 6.45) is 4.98. The Morgan fingerprint density at radius 1 is 1.28 bits per heavy atom. The first-order valence-corrected chi connectivity index (χ1v) is 6.81. The molecule has 104 valence electrons. The first kappa shape index (κ1) is 15.1. The number of carbonyl (C=O) groups excluding carboxylic acids is 1. The predicted molar refractivity (Wildman–Crippen MR) is 66.2 cm³/mol. The van der Waals surface area contributed by atoms with E-state index >= 15 is 0 Å². The van der Waals surface area contributed by atoms with Crippen molar-refractivity contribution in [3.8, 4) is 0 Å². The summed E-state index contributed by atoms with van der Waals surface area (Å²) >= 11 is 0. The van der Waals surface area contributed by atoms with Gasteiger partial charge in [0.2, 0.25) is 0 Å². The number of halogens is 2. The summed E-state index contributed by atoms with van der Waals surface area (Å²) in [5, 5.41) is 0. The van der Waals surface area contributed by atoms with E-state index in [0.29, 0.717) is 18.9 Å². The molecule has 1 saturated carbocycles. The molecule has 0 aliphatic heterocycles. The SMILES string of the molecule is CCCCOC(=O)[C@H]1CC[C@H](CC=C(F)F)CC1. The molecule has 0 heterocycles. The Balaban J connectivity index is 2.22. The zero-order valence-electron chi connectivity index (χ0n) is 11.0. The van der Waals surface area contributed by atoms with Crippen molar-refractivity contribution in [1.82, 2.24) is 0 Å². The largest absolute Gasteiger partial charge is 0.465 e. The highest BCUT2D eigenvalue weighted by molar-refractivity contribution is 5.72. The highest BCUT2D eigenvalue weighted by Crippen LogP contribution is 2.32. The van der Waals surface area contributed by atoms with Crippen LogP contribution in [-0.2, 0) is 9.53 Å². The van der Waals surface area contributed by atoms with Crippen LogP contribution in [0.25, 0.3) is 0 Å². The molecule has 1 rings (SSSR count). The number of carbonyl (C=O) groups is 1. The summed E-state index contributed by atoms with van der Waals surface area (Å²) in [5.74, 6) is 0.178. The number of hydrogen-bond donors (Lipinski definition) is 0. The fourth-order valence-electron chi connectivity index (χ4n) is 2.32. The molecule has 0 aromatic carbocycles. The molecule has 0 N–H and O–H groups in total. The van der Waals surface area contributed by atoms with E-state index in [-0.39, 0.29) is 11.9 Å². The molecular formula is C14H22F2O2. The van der Waals surface area contributed by atoms with Crippen molar-refractivity contribution in [2.75, 3.05) is 6.61 Å². The van der Waals surface area contributed by atoms with E-state index in [1.807, 2.05) is 0 Å². The monoisotopic (exact) mass is 260 g/mol. The van der Waals surface area contributed by atoms with E-state index in [1.54, 1.807) is 0 Å². The van der Waals surface area contributed by atoms with Crippen LogP contribution in [0.15, 0.2) is 12.2 Å². The van der Waals surface area contributed by atoms with Gasteiger partial charge in [-0.3, -0.25) is 4.79 Å². The first-order chi connectivity index (χ1) is 8.63. The van der Waals surface area contributed by atoms with Crippen LogP contribution >= 0.6 is 0 Å². The molecule has 1 aliphatic rings. The van der Waals surface area contributed by atoms with Crippen molar-refractivity contribution in [3.05, 3.63) is 12.2 Å². The van der Waals surface area contributed by atoms with Gasteiger partial charge in [-0.05, 0) is 50.5 Å². The Kier molecular flexibility index (Phi) is 6.91. The fraction of sp³-hybridized carbons (Fsp3) is 0.786. The number of unbranched alkanes of at least 4 members (excludes halogenated alkanes) is 1. The summed E-state index contributed by atoms with van der Waals surface area (Å²) in [7, 11) is 0. The van der Waals surface area contributed by atoms with Gasteiger partial charge in [0, 0.05) is 0 Å². The average molecular weight is 260 g/mol. The van der Waals surface area contributed by atoms with E-state index in [9.17, 15) is 13.6 Å². The normalized spacial score (nSPS) is 23.5. The second-order valence-electron chi connectivity index (χ2n) is 4.97. The average Bonchev–Trinajstić information content (AvgIpc) is 2.37. The van der Waals surface area contributed by atoms with Gasteiger partial charge in [0.15, 0.2) is 0 Å². The van der Waals surface area contributed by atoms with Crippen molar-refractivity contribution < 1.29 is 18.3 Å². The second kappa shape index (κ2) is 8.22. The van der Waals surface area contributed by atoms with Crippen LogP contribution < -0.4 is 0 Å². The maximum atomic E-state index is 12.0. The van der Waals surface area contributed by atoms with E-state index in [2.05, 4.69) is 6.92 Å². The highest BCUT2D eigenvalue weighted by Gasteiger charge is 2.26. The third kappa shape index (κ3) is 5.61. The van der Waals surface area contributed by atoms with Gasteiger partial charge in [-0.25, -0.2) is 0 Å². The summed E-state index contributed by atoms with van der Waals surface area (Å²) in [6.45, 7) is 2.56. The zero-order chi connectivity index (χ0) is 13.4. The van der Waals surface area contributed by atoms with Gasteiger partial charge in [-0.2, -0.15) is 8.78 Å². The Labute approximate surface area is 107 Å². The number of hydrogen-bond acceptors (Lipinski definition) is 2. The molecule has 0 aromatic heterocycles. The predicted octanol–water partition coefficient (Wildman–Crippen LogP) is 4.31. The summed E-state index contributed by atoms with van der Waals surface area (Å²) < 4.78 is 29.1. The van der Waals surface area contributed by atoms with Crippen molar-refractivity contribution in [3.63, 3.8) is 0 Å². The number of rotatable bonds is 6. The number of esters is 1. The van der Waals surface area contributed by atoms with E-state index in [1.165, 1.54) is 0 Å². The molecule has 1 fully saturated rings. The molecular weight excluding hydrogens is 238 g/mol. The van der Waals surface area contributed by atoms with Crippen molar-refractivity contribution in [1.29, 1.82) is 0 Å². The zero-order valence-corrected chi connectivity index (χ0v) is 11.0. The molecule has 4 heteroatoms. The third-order valence-corrected chi connectivity index (χ3v) is 3.53. The van der Waals surface area contributed by atoms with Crippen molar-refractivity contribution in [2.24, 2.45) is 11.8 Å². The lowest BCUT2D eigenvalue weighted by Gasteiger charge is -2.26. The molecule has 1 aliphatic carbocycles. The molecule has 0 saturated heterocycles. The minimum absolute atomic E-state index is 0.0164. The second-order valence-corrected chi connectivity index (χ2v) is 4.97. The first-order valence-electron chi connectivity index (χ1n) is 6.81. The summed E-state index contributed by atoms with van der Waals surface area (Å²) in [5.41, 5.74) is 0. The lowest BCUT2D eigenvalue weighted by atomic mass is 9.80. The van der Waals surface area contributed by atoms with Crippen LogP contribution in [0.5, 0.6) is 0 Å². The minimum Gasteiger partial charge on any atom is -0.465 e. The number of ether oxygens (including phenoxy) is 1. The maximum absolute atomic E-state index is 12.0. The topological polar surface area (TPSA) is 26.3 Å². The minimum atomic E-state index is -1.60. The smallest absolute Gasteiger partial charge is 0.308 e. The van der Waals surface area contributed by atoms with Gasteiger partial charge in [0.1, 0.15) is 0 Å². The highest BCUT2D eigenvalue weighted by atomic mass is 19.3. The van der Waals surface area contributed by atoms with Crippen LogP contribution in [0.4, 0.5) is 8.78 Å². The lowest BCUT2D eigenvalue weighted by molar-refractivity contribution is -0.150. The molecule has 2 nitrogen and oxygen atoms in total. The molecule has 0 unspecified atom stereocenters. The quantitative estimate of drug-likeness (QED) is 0.525. The van der Waals surface area contributed by atoms with Gasteiger partial charge in [0.05, 0.1) is 12.5 Å². The van der Waals surface area contributed by atoms with E-state index in [0.717, 1.165) is 44.6 Å². The Morgan fingerprint density at radius 2 is 1.94 bits per heavy atom. The third-order valence-electron chi connectivity index (χ3n) is 3.53. The molecule has 18 heavy (non-hydrogen) atoms. The Morgan fingerprint density at radius 3 is 2.50 bits per heavy atom. The Bertz CT molecular complexity index is 278. The molecule has 0 radical (unpaired) electrons.